The van der Waals surface area contributed by atoms with Gasteiger partial charge < -0.3 is 11.1 Å². The smallest absolute Gasteiger partial charge is 0.0122 e. The molecule has 0 aliphatic heterocycles. The van der Waals surface area contributed by atoms with Crippen molar-refractivity contribution in [1.29, 1.82) is 0 Å². The van der Waals surface area contributed by atoms with Gasteiger partial charge in [0, 0.05) is 18.9 Å². The fraction of sp³-hybridized carbons (Fsp3) is 0.500. The molecule has 0 atom stereocenters. The molecule has 0 bridgehead atoms. The third-order valence-corrected chi connectivity index (χ3v) is 0.418. The van der Waals surface area contributed by atoms with Crippen LogP contribution < -0.4 is 11.1 Å². The lowest BCUT2D eigenvalue weighted by atomic mass is 10.7. The van der Waals surface area contributed by atoms with Crippen LogP contribution in [0.5, 0.6) is 0 Å². The Morgan fingerprint density at radius 3 is 2.67 bits per heavy atom. The first kappa shape index (κ1) is 5.34. The van der Waals surface area contributed by atoms with E-state index in [9.17, 15) is 0 Å². The van der Waals surface area contributed by atoms with Crippen LogP contribution in [0.1, 0.15) is 6.92 Å². The minimum absolute atomic E-state index is 0.938. The lowest BCUT2D eigenvalue weighted by molar-refractivity contribution is 0.916. The molecule has 0 aromatic rings. The summed E-state index contributed by atoms with van der Waals surface area (Å²) in [5, 5.41) is 2.89. The van der Waals surface area contributed by atoms with E-state index in [-0.39, 0.29) is 0 Å². The van der Waals surface area contributed by atoms with E-state index in [4.69, 9.17) is 5.73 Å². The van der Waals surface area contributed by atoms with Gasteiger partial charge in [0.2, 0.25) is 0 Å². The van der Waals surface area contributed by atoms with E-state index in [1.54, 1.807) is 6.20 Å². The average Bonchev–Trinajstić information content (AvgIpc) is 1.61. The van der Waals surface area contributed by atoms with Crippen molar-refractivity contribution in [2.45, 2.75) is 6.92 Å². The predicted octanol–water partition coefficient (Wildman–Crippen LogP) is 0.0258. The van der Waals surface area contributed by atoms with Crippen LogP contribution in [-0.4, -0.2) is 6.54 Å². The zero-order valence-electron chi connectivity index (χ0n) is 3.94. The zero-order valence-corrected chi connectivity index (χ0v) is 3.94. The third-order valence-electron chi connectivity index (χ3n) is 0.418. The summed E-state index contributed by atoms with van der Waals surface area (Å²) in [5.41, 5.74) is 4.97. The van der Waals surface area contributed by atoms with Gasteiger partial charge in [-0.2, -0.15) is 0 Å². The van der Waals surface area contributed by atoms with Crippen LogP contribution in [0, 0.1) is 0 Å². The van der Waals surface area contributed by atoms with Crippen LogP contribution in [-0.2, 0) is 0 Å². The molecule has 0 aromatic carbocycles. The van der Waals surface area contributed by atoms with Gasteiger partial charge in [-0.3, -0.25) is 0 Å². The van der Waals surface area contributed by atoms with Gasteiger partial charge in [0.15, 0.2) is 0 Å². The molecule has 0 rings (SSSR count). The van der Waals surface area contributed by atoms with Gasteiger partial charge in [-0.15, -0.1) is 0 Å². The lowest BCUT2D eigenvalue weighted by Gasteiger charge is -1.85. The Hall–Kier alpha value is -0.660. The van der Waals surface area contributed by atoms with Gasteiger partial charge in [0.05, 0.1) is 0 Å². The van der Waals surface area contributed by atoms with Crippen LogP contribution >= 0.6 is 0 Å². The van der Waals surface area contributed by atoms with Crippen LogP contribution in [0.25, 0.3) is 0 Å². The molecule has 2 heteroatoms. The number of hydrogen-bond acceptors (Lipinski definition) is 2. The monoisotopic (exact) mass is 86.1 g/mol. The summed E-state index contributed by atoms with van der Waals surface area (Å²) in [6.45, 7) is 2.95. The maximum absolute atomic E-state index is 4.97. The van der Waals surface area contributed by atoms with Gasteiger partial charge in [-0.05, 0) is 6.92 Å². The van der Waals surface area contributed by atoms with Crippen LogP contribution in [0.3, 0.4) is 0 Å². The van der Waals surface area contributed by atoms with Gasteiger partial charge in [0.25, 0.3) is 0 Å². The summed E-state index contributed by atoms with van der Waals surface area (Å²) >= 11 is 0. The van der Waals surface area contributed by atoms with Crippen molar-refractivity contribution in [3.63, 3.8) is 0 Å². The second-order valence-corrected chi connectivity index (χ2v) is 0.917. The van der Waals surface area contributed by atoms with Crippen LogP contribution in [0.2, 0.25) is 0 Å². The highest BCUT2D eigenvalue weighted by atomic mass is 14.8. The summed E-state index contributed by atoms with van der Waals surface area (Å²) in [6.07, 6.45) is 3.18. The fourth-order valence-corrected chi connectivity index (χ4v) is 0.186. The molecule has 0 unspecified atom stereocenters. The largest absolute Gasteiger partial charge is 0.403 e. The van der Waals surface area contributed by atoms with E-state index >= 15 is 0 Å². The van der Waals surface area contributed by atoms with Crippen LogP contribution in [0.4, 0.5) is 0 Å². The predicted molar refractivity (Wildman–Crippen MR) is 27.0 cm³/mol. The van der Waals surface area contributed by atoms with Crippen molar-refractivity contribution < 1.29 is 0 Å². The normalized spacial score (nSPS) is 9.50. The SMILES string of the molecule is CCN/C=C\N. The maximum atomic E-state index is 4.97. The first-order valence-corrected chi connectivity index (χ1v) is 2.02. The fourth-order valence-electron chi connectivity index (χ4n) is 0.186. The molecule has 3 N–H and O–H groups in total. The van der Waals surface area contributed by atoms with E-state index in [0.717, 1.165) is 6.54 Å². The molecule has 6 heavy (non-hydrogen) atoms. The second-order valence-electron chi connectivity index (χ2n) is 0.917. The third kappa shape index (κ3) is 3.34. The number of nitrogens with one attached hydrogen (secondary N) is 1. The topological polar surface area (TPSA) is 38.0 Å². The molecule has 0 aliphatic rings. The number of nitrogens with two attached hydrogens (primary N) is 1. The van der Waals surface area contributed by atoms with Gasteiger partial charge >= 0.3 is 0 Å². The zero-order chi connectivity index (χ0) is 4.83. The highest BCUT2D eigenvalue weighted by molar-refractivity contribution is 4.70. The van der Waals surface area contributed by atoms with Crippen molar-refractivity contribution in [3.05, 3.63) is 12.4 Å². The maximum Gasteiger partial charge on any atom is 0.0122 e. The molecule has 0 aromatic heterocycles. The average molecular weight is 86.1 g/mol. The van der Waals surface area contributed by atoms with Crippen molar-refractivity contribution in [2.75, 3.05) is 6.54 Å². The first-order valence-electron chi connectivity index (χ1n) is 2.02. The molecule has 0 fully saturated rings. The molecule has 0 aliphatic carbocycles. The number of rotatable bonds is 2. The summed E-state index contributed by atoms with van der Waals surface area (Å²) in [6, 6.07) is 0. The summed E-state index contributed by atoms with van der Waals surface area (Å²) in [5.74, 6) is 0. The molecule has 0 spiro atoms. The second kappa shape index (κ2) is 4.34. The molecule has 0 amide bonds. The molecule has 0 saturated heterocycles. The van der Waals surface area contributed by atoms with E-state index in [0.29, 0.717) is 0 Å². The summed E-state index contributed by atoms with van der Waals surface area (Å²) in [7, 11) is 0. The van der Waals surface area contributed by atoms with Crippen molar-refractivity contribution >= 4 is 0 Å². The molecular formula is C4H10N2. The molecule has 0 radical (unpaired) electrons. The molecular weight excluding hydrogens is 76.1 g/mol. The Morgan fingerprint density at radius 1 is 1.83 bits per heavy atom. The number of hydrogen-bond donors (Lipinski definition) is 2. The standard InChI is InChI=1S/C4H10N2/c1-2-6-4-3-5/h3-4,6H,2,5H2,1H3/b4-3-. The Labute approximate surface area is 38.0 Å². The summed E-state index contributed by atoms with van der Waals surface area (Å²) < 4.78 is 0. The Balaban J connectivity index is 2.66. The highest BCUT2D eigenvalue weighted by Gasteiger charge is 1.58. The van der Waals surface area contributed by atoms with E-state index < -0.39 is 0 Å². The molecule has 0 saturated carbocycles. The van der Waals surface area contributed by atoms with Gasteiger partial charge in [0.1, 0.15) is 0 Å². The molecule has 0 heterocycles. The molecule has 36 valence electrons. The van der Waals surface area contributed by atoms with Gasteiger partial charge in [-0.25, -0.2) is 0 Å². The minimum Gasteiger partial charge on any atom is -0.403 e. The molecule has 2 nitrogen and oxygen atoms in total. The van der Waals surface area contributed by atoms with E-state index in [1.807, 2.05) is 6.92 Å². The van der Waals surface area contributed by atoms with Gasteiger partial charge in [-0.1, -0.05) is 0 Å². The Morgan fingerprint density at radius 2 is 2.50 bits per heavy atom. The van der Waals surface area contributed by atoms with E-state index in [2.05, 4.69) is 5.32 Å². The summed E-state index contributed by atoms with van der Waals surface area (Å²) in [4.78, 5) is 0. The van der Waals surface area contributed by atoms with Crippen molar-refractivity contribution in [3.8, 4) is 0 Å². The Bertz CT molecular complexity index is 40.8. The van der Waals surface area contributed by atoms with E-state index in [1.165, 1.54) is 6.20 Å². The Kier molecular flexibility index (Phi) is 3.86. The quantitative estimate of drug-likeness (QED) is 0.497. The highest BCUT2D eigenvalue weighted by Crippen LogP contribution is 1.51. The first-order chi connectivity index (χ1) is 2.91. The van der Waals surface area contributed by atoms with Crippen molar-refractivity contribution in [2.24, 2.45) is 5.73 Å². The van der Waals surface area contributed by atoms with Crippen molar-refractivity contribution in [1.82, 2.24) is 5.32 Å². The lowest BCUT2D eigenvalue weighted by Crippen LogP contribution is -2.02. The minimum atomic E-state index is 0.938. The van der Waals surface area contributed by atoms with Crippen LogP contribution in [0.15, 0.2) is 12.4 Å².